The predicted octanol–water partition coefficient (Wildman–Crippen LogP) is 2.19. The monoisotopic (exact) mass is 247 g/mol. The maximum Gasteiger partial charge on any atom is 0.324 e. The molecular formula is C14H21N3O. The zero-order valence-corrected chi connectivity index (χ0v) is 10.9. The second-order valence-corrected chi connectivity index (χ2v) is 4.76. The minimum atomic E-state index is 0.0869. The highest BCUT2D eigenvalue weighted by Crippen LogP contribution is 2.18. The minimum Gasteiger partial charge on any atom is -0.326 e. The molecule has 0 unspecified atom stereocenters. The van der Waals surface area contributed by atoms with E-state index in [1.807, 2.05) is 36.2 Å². The zero-order valence-electron chi connectivity index (χ0n) is 10.9. The highest BCUT2D eigenvalue weighted by Gasteiger charge is 2.20. The van der Waals surface area contributed by atoms with Crippen molar-refractivity contribution >= 4 is 11.7 Å². The van der Waals surface area contributed by atoms with Gasteiger partial charge in [0.25, 0.3) is 0 Å². The number of anilines is 1. The molecule has 2 rings (SSSR count). The van der Waals surface area contributed by atoms with Crippen LogP contribution in [0.2, 0.25) is 0 Å². The van der Waals surface area contributed by atoms with Crippen molar-refractivity contribution in [2.45, 2.75) is 25.8 Å². The van der Waals surface area contributed by atoms with E-state index in [1.165, 1.54) is 6.42 Å². The van der Waals surface area contributed by atoms with Crippen LogP contribution in [0.5, 0.6) is 0 Å². The fourth-order valence-corrected chi connectivity index (χ4v) is 2.30. The molecule has 1 fully saturated rings. The van der Waals surface area contributed by atoms with Gasteiger partial charge in [-0.3, -0.25) is 4.90 Å². The number of carbonyl (C=O) groups excluding carboxylic acids is 1. The normalized spacial score (nSPS) is 15.6. The molecule has 1 heterocycles. The smallest absolute Gasteiger partial charge is 0.324 e. The van der Waals surface area contributed by atoms with E-state index in [0.29, 0.717) is 6.54 Å². The van der Waals surface area contributed by atoms with Gasteiger partial charge in [0, 0.05) is 32.4 Å². The summed E-state index contributed by atoms with van der Waals surface area (Å²) < 4.78 is 0. The summed E-state index contributed by atoms with van der Waals surface area (Å²) in [6.45, 7) is 2.25. The number of rotatable bonds is 2. The third-order valence-electron chi connectivity index (χ3n) is 3.45. The maximum atomic E-state index is 12.3. The average molecular weight is 247 g/mol. The van der Waals surface area contributed by atoms with Crippen LogP contribution in [-0.2, 0) is 6.54 Å². The Morgan fingerprint density at radius 2 is 2.06 bits per heavy atom. The Labute approximate surface area is 108 Å². The second-order valence-electron chi connectivity index (χ2n) is 4.76. The predicted molar refractivity (Wildman–Crippen MR) is 73.6 cm³/mol. The lowest BCUT2D eigenvalue weighted by Gasteiger charge is -2.31. The van der Waals surface area contributed by atoms with Crippen molar-refractivity contribution in [1.29, 1.82) is 0 Å². The van der Waals surface area contributed by atoms with E-state index < -0.39 is 0 Å². The topological polar surface area (TPSA) is 49.6 Å². The number of nitrogens with two attached hydrogens (primary N) is 1. The molecule has 0 atom stereocenters. The Morgan fingerprint density at radius 3 is 2.72 bits per heavy atom. The molecule has 1 aromatic rings. The average Bonchev–Trinajstić information content (AvgIpc) is 2.46. The Morgan fingerprint density at radius 1 is 1.33 bits per heavy atom. The highest BCUT2D eigenvalue weighted by molar-refractivity contribution is 5.91. The molecule has 4 heteroatoms. The number of urea groups is 1. The van der Waals surface area contributed by atoms with Gasteiger partial charge >= 0.3 is 6.03 Å². The van der Waals surface area contributed by atoms with E-state index in [0.717, 1.165) is 37.2 Å². The van der Waals surface area contributed by atoms with Gasteiger partial charge in [0.1, 0.15) is 0 Å². The number of likely N-dealkylation sites (tertiary alicyclic amines) is 1. The molecule has 1 aliphatic rings. The summed E-state index contributed by atoms with van der Waals surface area (Å²) in [6, 6.07) is 7.92. The number of carbonyl (C=O) groups is 1. The van der Waals surface area contributed by atoms with E-state index in [9.17, 15) is 4.79 Å². The molecule has 98 valence electrons. The molecule has 0 bridgehead atoms. The van der Waals surface area contributed by atoms with Crippen LogP contribution >= 0.6 is 0 Å². The molecule has 2 N–H and O–H groups in total. The van der Waals surface area contributed by atoms with Crippen molar-refractivity contribution in [3.05, 3.63) is 29.8 Å². The third-order valence-corrected chi connectivity index (χ3v) is 3.45. The van der Waals surface area contributed by atoms with Gasteiger partial charge in [0.15, 0.2) is 0 Å². The fraction of sp³-hybridized carbons (Fsp3) is 0.500. The van der Waals surface area contributed by atoms with Crippen molar-refractivity contribution in [3.63, 3.8) is 0 Å². The Hall–Kier alpha value is -1.55. The quantitative estimate of drug-likeness (QED) is 0.871. The van der Waals surface area contributed by atoms with E-state index in [2.05, 4.69) is 0 Å². The SMILES string of the molecule is CN(C(=O)N1CCCCC1)c1cccc(CN)c1. The Balaban J connectivity index is 2.09. The zero-order chi connectivity index (χ0) is 13.0. The van der Waals surface area contributed by atoms with Gasteiger partial charge in [-0.15, -0.1) is 0 Å². The summed E-state index contributed by atoms with van der Waals surface area (Å²) in [7, 11) is 1.83. The number of hydrogen-bond donors (Lipinski definition) is 1. The molecule has 1 aliphatic heterocycles. The summed E-state index contributed by atoms with van der Waals surface area (Å²) in [4.78, 5) is 16.0. The van der Waals surface area contributed by atoms with Crippen LogP contribution in [0.15, 0.2) is 24.3 Å². The molecule has 1 saturated heterocycles. The van der Waals surface area contributed by atoms with Crippen molar-refractivity contribution < 1.29 is 4.79 Å². The maximum absolute atomic E-state index is 12.3. The Bertz CT molecular complexity index is 413. The first kappa shape index (κ1) is 12.9. The number of nitrogens with zero attached hydrogens (tertiary/aromatic N) is 2. The van der Waals surface area contributed by atoms with Crippen molar-refractivity contribution in [2.75, 3.05) is 25.0 Å². The molecule has 2 amide bonds. The van der Waals surface area contributed by atoms with Gasteiger partial charge in [0.05, 0.1) is 0 Å². The highest BCUT2D eigenvalue weighted by atomic mass is 16.2. The molecule has 0 saturated carbocycles. The molecule has 4 nitrogen and oxygen atoms in total. The van der Waals surface area contributed by atoms with Gasteiger partial charge in [-0.25, -0.2) is 4.79 Å². The number of piperidine rings is 1. The molecular weight excluding hydrogens is 226 g/mol. The number of hydrogen-bond acceptors (Lipinski definition) is 2. The Kier molecular flexibility index (Phi) is 4.20. The first-order valence-electron chi connectivity index (χ1n) is 6.54. The van der Waals surface area contributed by atoms with Gasteiger partial charge in [-0.2, -0.15) is 0 Å². The summed E-state index contributed by atoms with van der Waals surface area (Å²) >= 11 is 0. The van der Waals surface area contributed by atoms with Gasteiger partial charge in [-0.05, 0) is 37.0 Å². The lowest BCUT2D eigenvalue weighted by molar-refractivity contribution is 0.194. The minimum absolute atomic E-state index is 0.0869. The summed E-state index contributed by atoms with van der Waals surface area (Å²) in [5.74, 6) is 0. The lowest BCUT2D eigenvalue weighted by Crippen LogP contribution is -2.43. The molecule has 0 spiro atoms. The first-order chi connectivity index (χ1) is 8.72. The van der Waals surface area contributed by atoms with E-state index in [-0.39, 0.29) is 6.03 Å². The van der Waals surface area contributed by atoms with Gasteiger partial charge in [-0.1, -0.05) is 12.1 Å². The largest absolute Gasteiger partial charge is 0.326 e. The second kappa shape index (κ2) is 5.87. The van der Waals surface area contributed by atoms with Crippen LogP contribution in [0, 0.1) is 0 Å². The first-order valence-corrected chi connectivity index (χ1v) is 6.54. The summed E-state index contributed by atoms with van der Waals surface area (Å²) in [5.41, 5.74) is 7.58. The number of benzene rings is 1. The van der Waals surface area contributed by atoms with Crippen molar-refractivity contribution in [1.82, 2.24) is 4.90 Å². The third kappa shape index (κ3) is 2.82. The van der Waals surface area contributed by atoms with Gasteiger partial charge in [0.2, 0.25) is 0 Å². The van der Waals surface area contributed by atoms with E-state index in [1.54, 1.807) is 4.90 Å². The van der Waals surface area contributed by atoms with E-state index >= 15 is 0 Å². The molecule has 0 aromatic heterocycles. The summed E-state index contributed by atoms with van der Waals surface area (Å²) in [6.07, 6.45) is 3.46. The molecule has 0 radical (unpaired) electrons. The summed E-state index contributed by atoms with van der Waals surface area (Å²) in [5, 5.41) is 0. The van der Waals surface area contributed by atoms with Crippen LogP contribution < -0.4 is 10.6 Å². The molecule has 18 heavy (non-hydrogen) atoms. The van der Waals surface area contributed by atoms with Crippen molar-refractivity contribution in [3.8, 4) is 0 Å². The van der Waals surface area contributed by atoms with Crippen LogP contribution in [0.4, 0.5) is 10.5 Å². The number of amides is 2. The molecule has 1 aromatic carbocycles. The van der Waals surface area contributed by atoms with Gasteiger partial charge < -0.3 is 10.6 Å². The fourth-order valence-electron chi connectivity index (χ4n) is 2.30. The van der Waals surface area contributed by atoms with Crippen LogP contribution in [0.25, 0.3) is 0 Å². The van der Waals surface area contributed by atoms with Crippen molar-refractivity contribution in [2.24, 2.45) is 5.73 Å². The van der Waals surface area contributed by atoms with Crippen LogP contribution in [0.3, 0.4) is 0 Å². The molecule has 0 aliphatic carbocycles. The standard InChI is InChI=1S/C14H21N3O/c1-16(13-7-5-6-12(10-13)11-15)14(18)17-8-3-2-4-9-17/h5-7,10H,2-4,8-9,11,15H2,1H3. The lowest BCUT2D eigenvalue weighted by atomic mass is 10.1. The van der Waals surface area contributed by atoms with Crippen LogP contribution in [-0.4, -0.2) is 31.1 Å². The van der Waals surface area contributed by atoms with E-state index in [4.69, 9.17) is 5.73 Å². The van der Waals surface area contributed by atoms with Crippen LogP contribution in [0.1, 0.15) is 24.8 Å².